The summed E-state index contributed by atoms with van der Waals surface area (Å²) in [7, 11) is 0. The quantitative estimate of drug-likeness (QED) is 0.601. The third kappa shape index (κ3) is 3.48. The predicted molar refractivity (Wildman–Crippen MR) is 105 cm³/mol. The zero-order valence-electron chi connectivity index (χ0n) is 15.2. The zero-order chi connectivity index (χ0) is 18.8. The van der Waals surface area contributed by atoms with Gasteiger partial charge >= 0.3 is 5.97 Å². The van der Waals surface area contributed by atoms with Gasteiger partial charge in [-0.05, 0) is 54.2 Å². The van der Waals surface area contributed by atoms with Gasteiger partial charge in [-0.1, -0.05) is 24.3 Å². The Morgan fingerprint density at radius 1 is 1.19 bits per heavy atom. The third-order valence-electron chi connectivity index (χ3n) is 5.61. The summed E-state index contributed by atoms with van der Waals surface area (Å²) in [6.45, 7) is 1.59. The summed E-state index contributed by atoms with van der Waals surface area (Å²) < 4.78 is 0. The smallest absolute Gasteiger partial charge is 0.335 e. The first kappa shape index (κ1) is 17.8. The molecular formula is C22H24N2O3. The molecule has 140 valence electrons. The number of nitrogens with one attached hydrogen (secondary N) is 1. The first-order chi connectivity index (χ1) is 13.2. The van der Waals surface area contributed by atoms with E-state index in [1.807, 2.05) is 12.1 Å². The summed E-state index contributed by atoms with van der Waals surface area (Å²) >= 11 is 0. The number of aromatic amines is 1. The molecule has 1 aliphatic carbocycles. The van der Waals surface area contributed by atoms with Gasteiger partial charge in [0.25, 0.3) is 0 Å². The van der Waals surface area contributed by atoms with Crippen LogP contribution in [0.3, 0.4) is 0 Å². The topological polar surface area (TPSA) is 76.6 Å². The van der Waals surface area contributed by atoms with Crippen LogP contribution in [0, 0.1) is 0 Å². The molecule has 5 heteroatoms. The van der Waals surface area contributed by atoms with Crippen LogP contribution in [0.2, 0.25) is 0 Å². The molecule has 27 heavy (non-hydrogen) atoms. The molecule has 0 radical (unpaired) electrons. The van der Waals surface area contributed by atoms with Gasteiger partial charge in [0.2, 0.25) is 0 Å². The molecule has 0 saturated heterocycles. The number of aryl methyl sites for hydroxylation is 1. The van der Waals surface area contributed by atoms with Crippen LogP contribution in [0.25, 0.3) is 10.9 Å². The number of rotatable bonds is 7. The van der Waals surface area contributed by atoms with E-state index >= 15 is 0 Å². The summed E-state index contributed by atoms with van der Waals surface area (Å²) in [6, 6.07) is 14.0. The molecule has 3 aromatic rings. The van der Waals surface area contributed by atoms with Crippen molar-refractivity contribution >= 4 is 16.9 Å². The Morgan fingerprint density at radius 2 is 2.04 bits per heavy atom. The maximum atomic E-state index is 11.2. The van der Waals surface area contributed by atoms with E-state index < -0.39 is 5.97 Å². The van der Waals surface area contributed by atoms with Gasteiger partial charge in [0.05, 0.1) is 12.2 Å². The van der Waals surface area contributed by atoms with Gasteiger partial charge in [-0.3, -0.25) is 4.90 Å². The minimum absolute atomic E-state index is 0.118. The fourth-order valence-electron chi connectivity index (χ4n) is 4.26. The number of aromatic carboxylic acids is 1. The van der Waals surface area contributed by atoms with Gasteiger partial charge in [-0.15, -0.1) is 0 Å². The second-order valence-electron chi connectivity index (χ2n) is 7.14. The summed E-state index contributed by atoms with van der Waals surface area (Å²) in [6.07, 6.45) is 4.83. The van der Waals surface area contributed by atoms with Crippen molar-refractivity contribution in [1.29, 1.82) is 0 Å². The maximum absolute atomic E-state index is 11.2. The average Bonchev–Trinajstić information content (AvgIpc) is 3.29. The number of hydrogen-bond acceptors (Lipinski definition) is 3. The number of carboxylic acid groups (broad SMARTS) is 1. The number of para-hydroxylation sites is 1. The number of hydrogen-bond donors (Lipinski definition) is 3. The lowest BCUT2D eigenvalue weighted by atomic mass is 10.0. The highest BCUT2D eigenvalue weighted by Gasteiger charge is 2.28. The lowest BCUT2D eigenvalue weighted by molar-refractivity contribution is 0.0696. The molecule has 0 spiro atoms. The molecule has 2 aromatic carbocycles. The monoisotopic (exact) mass is 364 g/mol. The van der Waals surface area contributed by atoms with Crippen LogP contribution in [-0.4, -0.2) is 45.8 Å². The molecule has 1 heterocycles. The highest BCUT2D eigenvalue weighted by atomic mass is 16.4. The molecular weight excluding hydrogens is 340 g/mol. The molecule has 1 aliphatic rings. The van der Waals surface area contributed by atoms with E-state index in [1.54, 1.807) is 12.1 Å². The molecule has 3 N–H and O–H groups in total. The molecule has 5 nitrogen and oxygen atoms in total. The fourth-order valence-corrected chi connectivity index (χ4v) is 4.26. The molecule has 4 rings (SSSR count). The first-order valence-corrected chi connectivity index (χ1v) is 9.43. The maximum Gasteiger partial charge on any atom is 0.335 e. The Labute approximate surface area is 158 Å². The van der Waals surface area contributed by atoms with Crippen LogP contribution in [-0.2, 0) is 12.8 Å². The molecule has 0 amide bonds. The summed E-state index contributed by atoms with van der Waals surface area (Å²) in [5.74, 6) is -0.882. The van der Waals surface area contributed by atoms with Crippen molar-refractivity contribution < 1.29 is 15.0 Å². The van der Waals surface area contributed by atoms with Crippen molar-refractivity contribution in [2.75, 3.05) is 19.7 Å². The van der Waals surface area contributed by atoms with Crippen molar-refractivity contribution in [3.63, 3.8) is 0 Å². The molecule has 0 aliphatic heterocycles. The highest BCUT2D eigenvalue weighted by Crippen LogP contribution is 2.36. The van der Waals surface area contributed by atoms with E-state index in [0.717, 1.165) is 36.9 Å². The molecule has 0 fully saturated rings. The number of benzene rings is 2. The van der Waals surface area contributed by atoms with E-state index in [4.69, 9.17) is 0 Å². The number of carbonyl (C=O) groups is 1. The summed E-state index contributed by atoms with van der Waals surface area (Å²) in [5, 5.41) is 20.0. The number of aliphatic hydroxyl groups is 1. The number of fused-ring (bicyclic) bond motifs is 2. The van der Waals surface area contributed by atoms with E-state index in [0.29, 0.717) is 12.1 Å². The molecule has 1 atom stereocenters. The minimum atomic E-state index is -0.882. The molecule has 1 unspecified atom stereocenters. The van der Waals surface area contributed by atoms with E-state index in [1.165, 1.54) is 16.5 Å². The van der Waals surface area contributed by atoms with Crippen molar-refractivity contribution in [3.8, 4) is 0 Å². The SMILES string of the molecule is O=C(O)c1ccc2c(c1)CCC2N(CCO)CCc1c[nH]c2ccccc12. The van der Waals surface area contributed by atoms with E-state index in [2.05, 4.69) is 34.3 Å². The van der Waals surface area contributed by atoms with Crippen molar-refractivity contribution in [3.05, 3.63) is 70.9 Å². The van der Waals surface area contributed by atoms with Crippen LogP contribution >= 0.6 is 0 Å². The van der Waals surface area contributed by atoms with Crippen LogP contribution in [0.5, 0.6) is 0 Å². The number of aliphatic hydroxyl groups excluding tert-OH is 1. The van der Waals surface area contributed by atoms with Crippen LogP contribution < -0.4 is 0 Å². The largest absolute Gasteiger partial charge is 0.478 e. The van der Waals surface area contributed by atoms with Crippen molar-refractivity contribution in [2.45, 2.75) is 25.3 Å². The van der Waals surface area contributed by atoms with Gasteiger partial charge in [0, 0.05) is 36.2 Å². The van der Waals surface area contributed by atoms with Gasteiger partial charge in [0.1, 0.15) is 0 Å². The first-order valence-electron chi connectivity index (χ1n) is 9.43. The van der Waals surface area contributed by atoms with E-state index in [9.17, 15) is 15.0 Å². The van der Waals surface area contributed by atoms with E-state index in [-0.39, 0.29) is 12.6 Å². The van der Waals surface area contributed by atoms with Gasteiger partial charge < -0.3 is 15.2 Å². The zero-order valence-corrected chi connectivity index (χ0v) is 15.2. The normalized spacial score (nSPS) is 16.1. The van der Waals surface area contributed by atoms with Crippen LogP contribution in [0.1, 0.15) is 39.5 Å². The summed E-state index contributed by atoms with van der Waals surface area (Å²) in [5.41, 5.74) is 5.10. The van der Waals surface area contributed by atoms with Gasteiger partial charge in [0.15, 0.2) is 0 Å². The number of nitrogens with zero attached hydrogens (tertiary/aromatic N) is 1. The standard InChI is InChI=1S/C22H24N2O3/c25-12-11-24(10-9-17-14-23-20-4-2-1-3-18(17)20)21-8-6-15-13-16(22(26)27)5-7-19(15)21/h1-5,7,13-14,21,23,25H,6,8-12H2,(H,26,27). The second-order valence-corrected chi connectivity index (χ2v) is 7.14. The molecule has 0 saturated carbocycles. The Kier molecular flexibility index (Phi) is 4.97. The van der Waals surface area contributed by atoms with Crippen LogP contribution in [0.15, 0.2) is 48.7 Å². The predicted octanol–water partition coefficient (Wildman–Crippen LogP) is 3.39. The van der Waals surface area contributed by atoms with Crippen molar-refractivity contribution in [2.24, 2.45) is 0 Å². The Morgan fingerprint density at radius 3 is 2.85 bits per heavy atom. The Hall–Kier alpha value is -2.63. The molecule has 1 aromatic heterocycles. The number of aromatic nitrogens is 1. The highest BCUT2D eigenvalue weighted by molar-refractivity contribution is 5.88. The summed E-state index contributed by atoms with van der Waals surface area (Å²) in [4.78, 5) is 16.9. The van der Waals surface area contributed by atoms with Crippen LogP contribution in [0.4, 0.5) is 0 Å². The Bertz CT molecular complexity index is 963. The molecule has 0 bridgehead atoms. The number of carboxylic acids is 1. The second kappa shape index (κ2) is 7.55. The lowest BCUT2D eigenvalue weighted by Gasteiger charge is -2.29. The third-order valence-corrected chi connectivity index (χ3v) is 5.61. The minimum Gasteiger partial charge on any atom is -0.478 e. The van der Waals surface area contributed by atoms with Crippen molar-refractivity contribution in [1.82, 2.24) is 9.88 Å². The average molecular weight is 364 g/mol. The number of H-pyrrole nitrogens is 1. The van der Waals surface area contributed by atoms with Gasteiger partial charge in [-0.25, -0.2) is 4.79 Å². The Balaban J connectivity index is 1.53. The lowest BCUT2D eigenvalue weighted by Crippen LogP contribution is -2.32. The fraction of sp³-hybridized carbons (Fsp3) is 0.318. The van der Waals surface area contributed by atoms with Gasteiger partial charge in [-0.2, -0.15) is 0 Å².